The smallest absolute Gasteiger partial charge is 0.332 e. The van der Waals surface area contributed by atoms with Crippen molar-refractivity contribution in [1.29, 1.82) is 0 Å². The number of esters is 1. The molecular formula is C12H23NO3. The Morgan fingerprint density at radius 1 is 1.38 bits per heavy atom. The highest BCUT2D eigenvalue weighted by molar-refractivity contribution is 5.70. The summed E-state index contributed by atoms with van der Waals surface area (Å²) < 4.78 is 9.89. The Hall–Kier alpha value is -0.610. The van der Waals surface area contributed by atoms with Crippen molar-refractivity contribution < 1.29 is 14.3 Å². The average molecular weight is 229 g/mol. The highest BCUT2D eigenvalue weighted by atomic mass is 16.6. The molecule has 0 radical (unpaired) electrons. The summed E-state index contributed by atoms with van der Waals surface area (Å²) in [4.78, 5) is 10.9. The second-order valence-corrected chi connectivity index (χ2v) is 4.19. The third-order valence-corrected chi connectivity index (χ3v) is 2.61. The van der Waals surface area contributed by atoms with Gasteiger partial charge in [-0.25, -0.2) is 4.79 Å². The van der Waals surface area contributed by atoms with Gasteiger partial charge in [-0.2, -0.15) is 0 Å². The minimum Gasteiger partial charge on any atom is -0.464 e. The molecule has 1 saturated carbocycles. The van der Waals surface area contributed by atoms with Crippen molar-refractivity contribution in [1.82, 2.24) is 5.32 Å². The van der Waals surface area contributed by atoms with Gasteiger partial charge in [0.05, 0.1) is 13.2 Å². The van der Waals surface area contributed by atoms with Crippen molar-refractivity contribution in [2.24, 2.45) is 5.92 Å². The van der Waals surface area contributed by atoms with Crippen LogP contribution in [0.1, 0.15) is 32.6 Å². The Balaban J connectivity index is 1.71. The second-order valence-electron chi connectivity index (χ2n) is 4.19. The Morgan fingerprint density at radius 2 is 2.19 bits per heavy atom. The fourth-order valence-electron chi connectivity index (χ4n) is 1.55. The van der Waals surface area contributed by atoms with Crippen LogP contribution >= 0.6 is 0 Å². The lowest BCUT2D eigenvalue weighted by Crippen LogP contribution is -2.23. The van der Waals surface area contributed by atoms with E-state index in [-0.39, 0.29) is 12.6 Å². The molecule has 0 aromatic rings. The van der Waals surface area contributed by atoms with E-state index in [0.29, 0.717) is 13.2 Å². The molecule has 1 aliphatic carbocycles. The minimum atomic E-state index is -0.281. The monoisotopic (exact) mass is 229 g/mol. The third-order valence-electron chi connectivity index (χ3n) is 2.61. The van der Waals surface area contributed by atoms with Gasteiger partial charge in [-0.15, -0.1) is 0 Å². The van der Waals surface area contributed by atoms with Gasteiger partial charge in [0.25, 0.3) is 0 Å². The van der Waals surface area contributed by atoms with Crippen LogP contribution in [0.4, 0.5) is 0 Å². The molecule has 1 fully saturated rings. The standard InChI is InChI=1S/C12H23NO3/c1-2-16-12(14)10-15-9-8-13-7-3-4-11-5-6-11/h11,13H,2-10H2,1H3. The van der Waals surface area contributed by atoms with Crippen LogP contribution in [-0.4, -0.2) is 38.9 Å². The first-order valence-corrected chi connectivity index (χ1v) is 6.27. The van der Waals surface area contributed by atoms with E-state index < -0.39 is 0 Å². The molecule has 94 valence electrons. The van der Waals surface area contributed by atoms with E-state index in [2.05, 4.69) is 5.32 Å². The lowest BCUT2D eigenvalue weighted by atomic mass is 10.2. The van der Waals surface area contributed by atoms with Crippen LogP contribution in [0.25, 0.3) is 0 Å². The highest BCUT2D eigenvalue weighted by Gasteiger charge is 2.19. The quantitative estimate of drug-likeness (QED) is 0.454. The molecular weight excluding hydrogens is 206 g/mol. The molecule has 1 rings (SSSR count). The minimum absolute atomic E-state index is 0.0671. The van der Waals surface area contributed by atoms with Gasteiger partial charge in [-0.05, 0) is 32.2 Å². The fourth-order valence-corrected chi connectivity index (χ4v) is 1.55. The van der Waals surface area contributed by atoms with E-state index in [9.17, 15) is 4.79 Å². The normalized spacial score (nSPS) is 15.1. The van der Waals surface area contributed by atoms with Gasteiger partial charge in [0.15, 0.2) is 0 Å². The SMILES string of the molecule is CCOC(=O)COCCNCCCC1CC1. The van der Waals surface area contributed by atoms with Gasteiger partial charge < -0.3 is 14.8 Å². The lowest BCUT2D eigenvalue weighted by Gasteiger charge is -2.05. The summed E-state index contributed by atoms with van der Waals surface area (Å²) in [5.41, 5.74) is 0. The molecule has 0 spiro atoms. The number of hydrogen-bond donors (Lipinski definition) is 1. The molecule has 0 unspecified atom stereocenters. The zero-order chi connectivity index (χ0) is 11.6. The molecule has 4 heteroatoms. The van der Waals surface area contributed by atoms with E-state index in [0.717, 1.165) is 19.0 Å². The largest absolute Gasteiger partial charge is 0.464 e. The highest BCUT2D eigenvalue weighted by Crippen LogP contribution is 2.33. The van der Waals surface area contributed by atoms with Crippen LogP contribution < -0.4 is 5.32 Å². The van der Waals surface area contributed by atoms with E-state index in [1.165, 1.54) is 25.7 Å². The van der Waals surface area contributed by atoms with Gasteiger partial charge in [0.1, 0.15) is 6.61 Å². The Morgan fingerprint density at radius 3 is 2.88 bits per heavy atom. The van der Waals surface area contributed by atoms with E-state index in [4.69, 9.17) is 9.47 Å². The van der Waals surface area contributed by atoms with Crippen molar-refractivity contribution in [2.45, 2.75) is 32.6 Å². The Labute approximate surface area is 97.7 Å². The summed E-state index contributed by atoms with van der Waals surface area (Å²) in [6.07, 6.45) is 5.48. The van der Waals surface area contributed by atoms with Crippen molar-refractivity contribution in [3.63, 3.8) is 0 Å². The molecule has 0 aliphatic heterocycles. The number of rotatable bonds is 10. The molecule has 0 bridgehead atoms. The van der Waals surface area contributed by atoms with Crippen molar-refractivity contribution in [3.05, 3.63) is 0 Å². The first-order valence-electron chi connectivity index (χ1n) is 6.27. The maximum atomic E-state index is 10.9. The fraction of sp³-hybridized carbons (Fsp3) is 0.917. The molecule has 0 saturated heterocycles. The molecule has 16 heavy (non-hydrogen) atoms. The number of nitrogens with one attached hydrogen (secondary N) is 1. The summed E-state index contributed by atoms with van der Waals surface area (Å²) in [6.45, 7) is 4.71. The molecule has 0 atom stereocenters. The van der Waals surface area contributed by atoms with Crippen LogP contribution in [0.3, 0.4) is 0 Å². The summed E-state index contributed by atoms with van der Waals surface area (Å²) >= 11 is 0. The first kappa shape index (κ1) is 13.5. The van der Waals surface area contributed by atoms with E-state index in [1.54, 1.807) is 6.92 Å². The average Bonchev–Trinajstić information content (AvgIpc) is 3.06. The summed E-state index contributed by atoms with van der Waals surface area (Å²) in [5, 5.41) is 3.30. The predicted molar refractivity (Wildman–Crippen MR) is 62.3 cm³/mol. The lowest BCUT2D eigenvalue weighted by molar-refractivity contribution is -0.148. The molecule has 1 N–H and O–H groups in total. The summed E-state index contributed by atoms with van der Waals surface area (Å²) in [6, 6.07) is 0. The molecule has 4 nitrogen and oxygen atoms in total. The van der Waals surface area contributed by atoms with Gasteiger partial charge in [-0.3, -0.25) is 0 Å². The van der Waals surface area contributed by atoms with E-state index >= 15 is 0 Å². The van der Waals surface area contributed by atoms with Gasteiger partial charge in [-0.1, -0.05) is 12.8 Å². The molecule has 1 aliphatic rings. The molecule has 0 heterocycles. The predicted octanol–water partition coefficient (Wildman–Crippen LogP) is 1.35. The second kappa shape index (κ2) is 8.53. The van der Waals surface area contributed by atoms with Crippen molar-refractivity contribution >= 4 is 5.97 Å². The number of ether oxygens (including phenoxy) is 2. The molecule has 0 aromatic heterocycles. The maximum absolute atomic E-state index is 10.9. The van der Waals surface area contributed by atoms with Gasteiger partial charge in [0.2, 0.25) is 0 Å². The van der Waals surface area contributed by atoms with Crippen molar-refractivity contribution in [3.8, 4) is 0 Å². The topological polar surface area (TPSA) is 47.6 Å². The molecule has 0 amide bonds. The summed E-state index contributed by atoms with van der Waals surface area (Å²) in [7, 11) is 0. The number of carbonyl (C=O) groups is 1. The van der Waals surface area contributed by atoms with Crippen LogP contribution in [0.5, 0.6) is 0 Å². The van der Waals surface area contributed by atoms with Crippen LogP contribution in [0.2, 0.25) is 0 Å². The van der Waals surface area contributed by atoms with Crippen molar-refractivity contribution in [2.75, 3.05) is 32.9 Å². The first-order chi connectivity index (χ1) is 7.83. The van der Waals surface area contributed by atoms with E-state index in [1.807, 2.05) is 0 Å². The van der Waals surface area contributed by atoms with Crippen LogP contribution in [0, 0.1) is 5.92 Å². The number of hydrogen-bond acceptors (Lipinski definition) is 4. The third kappa shape index (κ3) is 7.65. The zero-order valence-corrected chi connectivity index (χ0v) is 10.2. The number of carbonyl (C=O) groups excluding carboxylic acids is 1. The maximum Gasteiger partial charge on any atom is 0.332 e. The zero-order valence-electron chi connectivity index (χ0n) is 10.2. The molecule has 0 aromatic carbocycles. The van der Waals surface area contributed by atoms with Crippen LogP contribution in [0.15, 0.2) is 0 Å². The Kier molecular flexibility index (Phi) is 7.17. The summed E-state index contributed by atoms with van der Waals surface area (Å²) in [5.74, 6) is 0.734. The van der Waals surface area contributed by atoms with Gasteiger partial charge in [0, 0.05) is 6.54 Å². The van der Waals surface area contributed by atoms with Crippen LogP contribution in [-0.2, 0) is 14.3 Å². The van der Waals surface area contributed by atoms with Gasteiger partial charge >= 0.3 is 5.97 Å². The Bertz CT molecular complexity index is 193.